The Kier molecular flexibility index (Phi) is 5.83. The highest BCUT2D eigenvalue weighted by Crippen LogP contribution is 2.32. The maximum Gasteiger partial charge on any atom is 0.123 e. The fourth-order valence-corrected chi connectivity index (χ4v) is 2.02. The van der Waals surface area contributed by atoms with Crippen LogP contribution in [0.3, 0.4) is 0 Å². The zero-order valence-electron chi connectivity index (χ0n) is 14.6. The molecule has 0 heterocycles. The van der Waals surface area contributed by atoms with Crippen LogP contribution in [0, 0.1) is 6.92 Å². The average Bonchev–Trinajstić information content (AvgIpc) is 2.32. The number of aliphatic hydroxyl groups excluding tert-OH is 1. The van der Waals surface area contributed by atoms with Gasteiger partial charge in [0.1, 0.15) is 18.5 Å². The number of benzene rings is 1. The van der Waals surface area contributed by atoms with Crippen molar-refractivity contribution in [2.24, 2.45) is 0 Å². The predicted octanol–water partition coefficient (Wildman–Crippen LogP) is 3.42. The molecule has 120 valence electrons. The molecule has 0 amide bonds. The molecule has 1 atom stereocenters. The molecule has 0 radical (unpaired) electrons. The Bertz CT molecular complexity index is 455. The Balaban J connectivity index is 2.67. The summed E-state index contributed by atoms with van der Waals surface area (Å²) in [4.78, 5) is 0. The summed E-state index contributed by atoms with van der Waals surface area (Å²) >= 11 is 0. The van der Waals surface area contributed by atoms with E-state index in [9.17, 15) is 5.11 Å². The van der Waals surface area contributed by atoms with Gasteiger partial charge >= 0.3 is 0 Å². The summed E-state index contributed by atoms with van der Waals surface area (Å²) in [6, 6.07) is 6.21. The van der Waals surface area contributed by atoms with Crippen LogP contribution in [0.15, 0.2) is 18.2 Å². The van der Waals surface area contributed by atoms with Crippen molar-refractivity contribution in [3.05, 3.63) is 29.3 Å². The van der Waals surface area contributed by atoms with E-state index in [0.29, 0.717) is 13.2 Å². The van der Waals surface area contributed by atoms with Crippen molar-refractivity contribution in [2.75, 3.05) is 13.2 Å². The molecule has 0 saturated heterocycles. The fraction of sp³-hybridized carbons (Fsp3) is 0.667. The van der Waals surface area contributed by atoms with Gasteiger partial charge in [0.25, 0.3) is 0 Å². The van der Waals surface area contributed by atoms with E-state index in [1.54, 1.807) is 0 Å². The predicted molar refractivity (Wildman–Crippen MR) is 89.1 cm³/mol. The Morgan fingerprint density at radius 2 is 1.76 bits per heavy atom. The molecule has 1 rings (SSSR count). The molecule has 0 saturated carbocycles. The number of rotatable bonds is 5. The highest BCUT2D eigenvalue weighted by Gasteiger charge is 2.20. The SMILES string of the molecule is Cc1ccc(OC[C@H](O)CNC(C)(C)C)c(C(C)(C)C)c1. The third kappa shape index (κ3) is 6.49. The van der Waals surface area contributed by atoms with Gasteiger partial charge in [0, 0.05) is 12.1 Å². The van der Waals surface area contributed by atoms with E-state index in [1.807, 2.05) is 12.1 Å². The number of hydrogen-bond donors (Lipinski definition) is 2. The minimum Gasteiger partial charge on any atom is -0.491 e. The van der Waals surface area contributed by atoms with Crippen LogP contribution in [0.2, 0.25) is 0 Å². The van der Waals surface area contributed by atoms with Crippen molar-refractivity contribution in [2.45, 2.75) is 65.5 Å². The molecule has 2 N–H and O–H groups in total. The van der Waals surface area contributed by atoms with E-state index in [0.717, 1.165) is 5.75 Å². The van der Waals surface area contributed by atoms with Crippen LogP contribution in [-0.4, -0.2) is 29.9 Å². The second kappa shape index (κ2) is 6.80. The van der Waals surface area contributed by atoms with E-state index >= 15 is 0 Å². The lowest BCUT2D eigenvalue weighted by atomic mass is 9.85. The standard InChI is InChI=1S/C18H31NO2/c1-13-8-9-16(15(10-13)17(2,3)4)21-12-14(20)11-19-18(5,6)7/h8-10,14,19-20H,11-12H2,1-7H3/t14-/m1/s1. The molecule has 21 heavy (non-hydrogen) atoms. The second-order valence-electron chi connectivity index (χ2n) is 7.85. The third-order valence-electron chi connectivity index (χ3n) is 3.24. The molecule has 0 spiro atoms. The number of hydrogen-bond acceptors (Lipinski definition) is 3. The molecular formula is C18H31NO2. The summed E-state index contributed by atoms with van der Waals surface area (Å²) in [5.41, 5.74) is 2.43. The van der Waals surface area contributed by atoms with Crippen LogP contribution in [-0.2, 0) is 5.41 Å². The lowest BCUT2D eigenvalue weighted by Crippen LogP contribution is -2.42. The number of nitrogens with one attached hydrogen (secondary N) is 1. The highest BCUT2D eigenvalue weighted by molar-refractivity contribution is 5.41. The Labute approximate surface area is 129 Å². The molecule has 0 aliphatic rings. The van der Waals surface area contributed by atoms with Crippen molar-refractivity contribution in [1.82, 2.24) is 5.32 Å². The summed E-state index contributed by atoms with van der Waals surface area (Å²) in [5.74, 6) is 0.864. The molecule has 0 bridgehead atoms. The number of β-amino-alcohol motifs (C(OH)–C–C–N with tert-alkyl or cyclic N) is 1. The van der Waals surface area contributed by atoms with Gasteiger partial charge in [-0.15, -0.1) is 0 Å². The normalized spacial score (nSPS) is 14.1. The zero-order valence-corrected chi connectivity index (χ0v) is 14.6. The van der Waals surface area contributed by atoms with Gasteiger partial charge in [-0.1, -0.05) is 38.5 Å². The van der Waals surface area contributed by atoms with Gasteiger partial charge in [-0.25, -0.2) is 0 Å². The first-order chi connectivity index (χ1) is 9.49. The first-order valence-corrected chi connectivity index (χ1v) is 7.66. The summed E-state index contributed by atoms with van der Waals surface area (Å²) in [6.45, 7) is 15.7. The lowest BCUT2D eigenvalue weighted by molar-refractivity contribution is 0.0990. The molecule has 0 aliphatic heterocycles. The Hall–Kier alpha value is -1.06. The Morgan fingerprint density at radius 1 is 1.14 bits per heavy atom. The van der Waals surface area contributed by atoms with Crippen molar-refractivity contribution in [3.8, 4) is 5.75 Å². The smallest absolute Gasteiger partial charge is 0.123 e. The van der Waals surface area contributed by atoms with Crippen LogP contribution in [0.1, 0.15) is 52.7 Å². The van der Waals surface area contributed by atoms with E-state index in [-0.39, 0.29) is 11.0 Å². The summed E-state index contributed by atoms with van der Waals surface area (Å²) < 4.78 is 5.86. The first kappa shape index (κ1) is 18.0. The zero-order chi connectivity index (χ0) is 16.3. The van der Waals surface area contributed by atoms with Gasteiger partial charge in [0.05, 0.1) is 0 Å². The molecule has 0 unspecified atom stereocenters. The molecule has 1 aromatic rings. The van der Waals surface area contributed by atoms with Crippen molar-refractivity contribution >= 4 is 0 Å². The van der Waals surface area contributed by atoms with Crippen LogP contribution >= 0.6 is 0 Å². The fourth-order valence-electron chi connectivity index (χ4n) is 2.02. The van der Waals surface area contributed by atoms with Crippen molar-refractivity contribution in [1.29, 1.82) is 0 Å². The summed E-state index contributed by atoms with van der Waals surface area (Å²) in [6.07, 6.45) is -0.515. The topological polar surface area (TPSA) is 41.5 Å². The Morgan fingerprint density at radius 3 is 2.29 bits per heavy atom. The van der Waals surface area contributed by atoms with E-state index in [4.69, 9.17) is 4.74 Å². The number of aryl methyl sites for hydroxylation is 1. The van der Waals surface area contributed by atoms with Crippen LogP contribution in [0.5, 0.6) is 5.75 Å². The number of aliphatic hydroxyl groups is 1. The van der Waals surface area contributed by atoms with Crippen LogP contribution in [0.25, 0.3) is 0 Å². The van der Waals surface area contributed by atoms with Gasteiger partial charge in [0.2, 0.25) is 0 Å². The largest absolute Gasteiger partial charge is 0.491 e. The average molecular weight is 293 g/mol. The summed E-state index contributed by atoms with van der Waals surface area (Å²) in [7, 11) is 0. The van der Waals surface area contributed by atoms with E-state index in [2.05, 4.69) is 59.8 Å². The molecular weight excluding hydrogens is 262 g/mol. The van der Waals surface area contributed by atoms with Crippen LogP contribution in [0.4, 0.5) is 0 Å². The second-order valence-corrected chi connectivity index (χ2v) is 7.85. The molecule has 1 aromatic carbocycles. The van der Waals surface area contributed by atoms with E-state index in [1.165, 1.54) is 11.1 Å². The van der Waals surface area contributed by atoms with Crippen LogP contribution < -0.4 is 10.1 Å². The minimum atomic E-state index is -0.515. The van der Waals surface area contributed by atoms with Crippen molar-refractivity contribution in [3.63, 3.8) is 0 Å². The molecule has 0 aromatic heterocycles. The van der Waals surface area contributed by atoms with Gasteiger partial charge in [-0.2, -0.15) is 0 Å². The summed E-state index contributed by atoms with van der Waals surface area (Å²) in [5, 5.41) is 13.3. The molecule has 3 nitrogen and oxygen atoms in total. The van der Waals surface area contributed by atoms with Gasteiger partial charge in [0.15, 0.2) is 0 Å². The minimum absolute atomic E-state index is 0.00140. The van der Waals surface area contributed by atoms with Gasteiger partial charge in [-0.3, -0.25) is 0 Å². The first-order valence-electron chi connectivity index (χ1n) is 7.66. The monoisotopic (exact) mass is 293 g/mol. The van der Waals surface area contributed by atoms with Gasteiger partial charge < -0.3 is 15.2 Å². The van der Waals surface area contributed by atoms with E-state index < -0.39 is 6.10 Å². The van der Waals surface area contributed by atoms with Crippen molar-refractivity contribution < 1.29 is 9.84 Å². The highest BCUT2D eigenvalue weighted by atomic mass is 16.5. The van der Waals surface area contributed by atoms with Gasteiger partial charge in [-0.05, 0) is 44.7 Å². The molecule has 0 aliphatic carbocycles. The maximum absolute atomic E-state index is 10.0. The molecule has 3 heteroatoms. The third-order valence-corrected chi connectivity index (χ3v) is 3.24. The molecule has 0 fully saturated rings. The lowest BCUT2D eigenvalue weighted by Gasteiger charge is -2.25. The number of ether oxygens (including phenoxy) is 1. The quantitative estimate of drug-likeness (QED) is 0.874. The maximum atomic E-state index is 10.0.